The number of nitrogens with zero attached hydrogens (tertiary/aromatic N) is 4. The first-order valence-electron chi connectivity index (χ1n) is 10.1. The average Bonchev–Trinajstić information content (AvgIpc) is 2.65. The van der Waals surface area contributed by atoms with Crippen LogP contribution in [0.1, 0.15) is 0 Å². The smallest absolute Gasteiger partial charge is 0.270 e. The van der Waals surface area contributed by atoms with Gasteiger partial charge in [-0.05, 0) is 0 Å². The molecule has 14 heteroatoms. The van der Waals surface area contributed by atoms with E-state index in [0.29, 0.717) is 52.4 Å². The Labute approximate surface area is 178 Å². The molecule has 2 saturated heterocycles. The molecule has 178 valence electrons. The van der Waals surface area contributed by atoms with E-state index in [1.807, 2.05) is 9.80 Å². The van der Waals surface area contributed by atoms with Gasteiger partial charge in [0.25, 0.3) is 20.2 Å². The maximum atomic E-state index is 12.3. The molecule has 2 rings (SSSR count). The molecule has 0 saturated carbocycles. The third-order valence-electron chi connectivity index (χ3n) is 5.80. The third kappa shape index (κ3) is 8.26. The third-order valence-corrected chi connectivity index (χ3v) is 7.73. The second kappa shape index (κ2) is 11.4. The van der Waals surface area contributed by atoms with Gasteiger partial charge in [0.05, 0.1) is 19.0 Å². The summed E-state index contributed by atoms with van der Waals surface area (Å²) in [6.45, 7) is 4.54. The summed E-state index contributed by atoms with van der Waals surface area (Å²) in [4.78, 5) is 7.58. The van der Waals surface area contributed by atoms with Crippen LogP contribution in [0.4, 0.5) is 0 Å². The second-order valence-corrected chi connectivity index (χ2v) is 11.0. The summed E-state index contributed by atoms with van der Waals surface area (Å²) >= 11 is 0. The summed E-state index contributed by atoms with van der Waals surface area (Å²) < 4.78 is 66.1. The zero-order chi connectivity index (χ0) is 22.4. The van der Waals surface area contributed by atoms with Gasteiger partial charge in [0.1, 0.15) is 5.25 Å². The number of piperazine rings is 2. The highest BCUT2D eigenvalue weighted by atomic mass is 32.2. The second-order valence-electron chi connectivity index (χ2n) is 7.83. The molecule has 12 nitrogen and oxygen atoms in total. The zero-order valence-electron chi connectivity index (χ0n) is 17.1. The van der Waals surface area contributed by atoms with Crippen molar-refractivity contribution in [2.75, 3.05) is 91.0 Å². The molecular formula is C16H34N4O8S2. The van der Waals surface area contributed by atoms with Gasteiger partial charge in [-0.1, -0.05) is 0 Å². The Bertz CT molecular complexity index is 728. The number of aliphatic hydroxyl groups excluding tert-OH is 2. The zero-order valence-corrected chi connectivity index (χ0v) is 18.7. The SMILES string of the molecule is O=S(=O)(O)CCN1CCN(CCO)CC1C(CN1CCN(CCO)CC1)S(=O)(=O)O. The van der Waals surface area contributed by atoms with Crippen molar-refractivity contribution in [2.24, 2.45) is 0 Å². The van der Waals surface area contributed by atoms with Gasteiger partial charge in [-0.15, -0.1) is 0 Å². The summed E-state index contributed by atoms with van der Waals surface area (Å²) in [5, 5.41) is 17.1. The molecule has 4 N–H and O–H groups in total. The summed E-state index contributed by atoms with van der Waals surface area (Å²) in [6.07, 6.45) is 0. The van der Waals surface area contributed by atoms with E-state index in [1.54, 1.807) is 4.90 Å². The van der Waals surface area contributed by atoms with Crippen molar-refractivity contribution in [3.8, 4) is 0 Å². The van der Waals surface area contributed by atoms with Crippen molar-refractivity contribution in [1.82, 2.24) is 19.6 Å². The van der Waals surface area contributed by atoms with Crippen LogP contribution in [0.15, 0.2) is 0 Å². The van der Waals surface area contributed by atoms with Crippen molar-refractivity contribution in [3.63, 3.8) is 0 Å². The standard InChI is InChI=1S/C16H34N4O8S2/c21-10-7-17-1-3-18(4-2-17)14-16(30(26,27)28)15-13-19(8-11-22)5-6-20(15)9-12-29(23,24)25/h15-16,21-22H,1-14H2,(H,23,24,25)(H,26,27,28). The van der Waals surface area contributed by atoms with Gasteiger partial charge >= 0.3 is 0 Å². The number of aliphatic hydroxyl groups is 2. The van der Waals surface area contributed by atoms with Crippen molar-refractivity contribution in [3.05, 3.63) is 0 Å². The molecule has 0 aromatic carbocycles. The van der Waals surface area contributed by atoms with Crippen molar-refractivity contribution in [1.29, 1.82) is 0 Å². The normalized spacial score (nSPS) is 24.9. The highest BCUT2D eigenvalue weighted by molar-refractivity contribution is 7.86. The van der Waals surface area contributed by atoms with Crippen LogP contribution in [-0.4, -0.2) is 158 Å². The number of hydrogen-bond donors (Lipinski definition) is 4. The number of rotatable bonds is 11. The van der Waals surface area contributed by atoms with Crippen molar-refractivity contribution in [2.45, 2.75) is 11.3 Å². The fourth-order valence-electron chi connectivity index (χ4n) is 4.12. The predicted molar refractivity (Wildman–Crippen MR) is 111 cm³/mol. The molecule has 0 aromatic heterocycles. The van der Waals surface area contributed by atoms with Crippen LogP contribution in [0, 0.1) is 0 Å². The lowest BCUT2D eigenvalue weighted by atomic mass is 10.1. The Morgan fingerprint density at radius 2 is 1.30 bits per heavy atom. The first-order chi connectivity index (χ1) is 14.0. The van der Waals surface area contributed by atoms with E-state index >= 15 is 0 Å². The van der Waals surface area contributed by atoms with Crippen LogP contribution in [0.2, 0.25) is 0 Å². The monoisotopic (exact) mass is 474 g/mol. The molecule has 2 aliphatic rings. The fourth-order valence-corrected chi connectivity index (χ4v) is 5.64. The molecule has 2 unspecified atom stereocenters. The summed E-state index contributed by atoms with van der Waals surface area (Å²) in [7, 11) is -8.67. The van der Waals surface area contributed by atoms with E-state index in [9.17, 15) is 26.5 Å². The minimum absolute atomic E-state index is 0.0488. The van der Waals surface area contributed by atoms with E-state index < -0.39 is 37.3 Å². The number of hydrogen-bond acceptors (Lipinski definition) is 10. The maximum absolute atomic E-state index is 12.3. The quantitative estimate of drug-likeness (QED) is 0.221. The van der Waals surface area contributed by atoms with Gasteiger partial charge < -0.3 is 10.2 Å². The van der Waals surface area contributed by atoms with Crippen LogP contribution in [-0.2, 0) is 20.2 Å². The highest BCUT2D eigenvalue weighted by Gasteiger charge is 2.41. The van der Waals surface area contributed by atoms with Gasteiger partial charge in [0, 0.05) is 78.0 Å². The van der Waals surface area contributed by atoms with Crippen LogP contribution >= 0.6 is 0 Å². The largest absolute Gasteiger partial charge is 0.395 e. The van der Waals surface area contributed by atoms with Gasteiger partial charge in [-0.2, -0.15) is 16.8 Å². The Morgan fingerprint density at radius 1 is 0.767 bits per heavy atom. The van der Waals surface area contributed by atoms with Gasteiger partial charge in [-0.25, -0.2) is 0 Å². The van der Waals surface area contributed by atoms with E-state index in [4.69, 9.17) is 9.66 Å². The molecule has 0 radical (unpaired) electrons. The molecule has 0 amide bonds. The van der Waals surface area contributed by atoms with Gasteiger partial charge in [-0.3, -0.25) is 28.7 Å². The van der Waals surface area contributed by atoms with Crippen LogP contribution in [0.25, 0.3) is 0 Å². The van der Waals surface area contributed by atoms with Gasteiger partial charge in [0.2, 0.25) is 0 Å². The topological polar surface area (TPSA) is 162 Å². The van der Waals surface area contributed by atoms with E-state index in [-0.39, 0.29) is 32.8 Å². The Morgan fingerprint density at radius 3 is 1.83 bits per heavy atom. The molecule has 2 heterocycles. The Balaban J connectivity index is 2.15. The molecule has 0 aliphatic carbocycles. The summed E-state index contributed by atoms with van der Waals surface area (Å²) in [5.41, 5.74) is 0. The average molecular weight is 475 g/mol. The van der Waals surface area contributed by atoms with E-state index in [1.165, 1.54) is 0 Å². The van der Waals surface area contributed by atoms with Crippen LogP contribution in [0.5, 0.6) is 0 Å². The fraction of sp³-hybridized carbons (Fsp3) is 1.00. The van der Waals surface area contributed by atoms with Crippen molar-refractivity contribution < 1.29 is 36.2 Å². The minimum Gasteiger partial charge on any atom is -0.395 e. The predicted octanol–water partition coefficient (Wildman–Crippen LogP) is -3.28. The van der Waals surface area contributed by atoms with Crippen LogP contribution in [0.3, 0.4) is 0 Å². The van der Waals surface area contributed by atoms with Crippen molar-refractivity contribution >= 4 is 20.2 Å². The highest BCUT2D eigenvalue weighted by Crippen LogP contribution is 2.20. The molecule has 30 heavy (non-hydrogen) atoms. The molecule has 0 spiro atoms. The summed E-state index contributed by atoms with van der Waals surface area (Å²) in [5.74, 6) is -0.526. The minimum atomic E-state index is -4.45. The van der Waals surface area contributed by atoms with Crippen LogP contribution < -0.4 is 0 Å². The Kier molecular flexibility index (Phi) is 9.86. The molecule has 2 atom stereocenters. The molecular weight excluding hydrogens is 440 g/mol. The molecule has 0 aromatic rings. The van der Waals surface area contributed by atoms with E-state index in [0.717, 1.165) is 0 Å². The molecule has 2 aliphatic heterocycles. The maximum Gasteiger partial charge on any atom is 0.270 e. The number of β-amino-alcohol motifs (C(OH)–C–C–N with tert-alkyl or cyclic N) is 2. The lowest BCUT2D eigenvalue weighted by Gasteiger charge is -2.45. The summed E-state index contributed by atoms with van der Waals surface area (Å²) in [6, 6.07) is -0.683. The molecule has 2 fully saturated rings. The lowest BCUT2D eigenvalue weighted by molar-refractivity contribution is 0.0515. The first kappa shape index (κ1) is 25.8. The van der Waals surface area contributed by atoms with E-state index in [2.05, 4.69) is 4.90 Å². The lowest BCUT2D eigenvalue weighted by Crippen LogP contribution is -2.63. The first-order valence-corrected chi connectivity index (χ1v) is 13.2. The molecule has 0 bridgehead atoms. The van der Waals surface area contributed by atoms with Gasteiger partial charge in [0.15, 0.2) is 0 Å². The Hall–Kier alpha value is -0.420.